The summed E-state index contributed by atoms with van der Waals surface area (Å²) in [5, 5.41) is 3.44. The second kappa shape index (κ2) is 8.03. The van der Waals surface area contributed by atoms with Crippen LogP contribution in [0.1, 0.15) is 49.2 Å². The minimum atomic E-state index is 0.133. The lowest BCUT2D eigenvalue weighted by Gasteiger charge is -2.35. The summed E-state index contributed by atoms with van der Waals surface area (Å²) in [5.74, 6) is 2.84. The van der Waals surface area contributed by atoms with Crippen molar-refractivity contribution in [2.45, 2.75) is 38.5 Å². The Balaban J connectivity index is 1.48. The van der Waals surface area contributed by atoms with Crippen LogP contribution in [0.25, 0.3) is 0 Å². The second-order valence-electron chi connectivity index (χ2n) is 8.02. The summed E-state index contributed by atoms with van der Waals surface area (Å²) in [7, 11) is 1.85. The number of carbonyl (C=O) groups excluding carboxylic acids is 1. The van der Waals surface area contributed by atoms with Crippen LogP contribution < -0.4 is 9.80 Å². The Hall–Kier alpha value is -2.22. The lowest BCUT2D eigenvalue weighted by Crippen LogP contribution is -2.48. The quantitative estimate of drug-likeness (QED) is 0.786. The molecule has 0 radical (unpaired) electrons. The van der Waals surface area contributed by atoms with Crippen molar-refractivity contribution in [3.05, 3.63) is 28.5 Å². The van der Waals surface area contributed by atoms with Crippen LogP contribution in [0.15, 0.2) is 17.8 Å². The molecule has 2 aliphatic rings. The van der Waals surface area contributed by atoms with E-state index in [2.05, 4.69) is 34.1 Å². The van der Waals surface area contributed by atoms with Crippen molar-refractivity contribution in [3.63, 3.8) is 0 Å². The minimum Gasteiger partial charge on any atom is -0.356 e. The van der Waals surface area contributed by atoms with Gasteiger partial charge in [-0.15, -0.1) is 11.3 Å². The number of aromatic nitrogens is 3. The summed E-state index contributed by atoms with van der Waals surface area (Å²) < 4.78 is 0. The van der Waals surface area contributed by atoms with Gasteiger partial charge in [0.25, 0.3) is 0 Å². The third-order valence-electron chi connectivity index (χ3n) is 5.65. The highest BCUT2D eigenvalue weighted by atomic mass is 32.1. The Labute approximate surface area is 170 Å². The van der Waals surface area contributed by atoms with Crippen LogP contribution in [-0.2, 0) is 4.79 Å². The van der Waals surface area contributed by atoms with Crippen LogP contribution in [0.2, 0.25) is 0 Å². The molecule has 2 saturated heterocycles. The minimum absolute atomic E-state index is 0.133. The topological polar surface area (TPSA) is 65.5 Å². The summed E-state index contributed by atoms with van der Waals surface area (Å²) in [5.41, 5.74) is 1.20. The largest absolute Gasteiger partial charge is 0.356 e. The lowest BCUT2D eigenvalue weighted by molar-refractivity contribution is -0.129. The monoisotopic (exact) mass is 400 g/mol. The molecule has 2 aromatic rings. The van der Waals surface area contributed by atoms with E-state index in [-0.39, 0.29) is 5.91 Å². The number of anilines is 2. The summed E-state index contributed by atoms with van der Waals surface area (Å²) in [6.45, 7) is 8.23. The van der Waals surface area contributed by atoms with Gasteiger partial charge in [-0.25, -0.2) is 15.0 Å². The van der Waals surface area contributed by atoms with Gasteiger partial charge in [0.05, 0.1) is 17.2 Å². The summed E-state index contributed by atoms with van der Waals surface area (Å²) in [6.07, 6.45) is 3.93. The Morgan fingerprint density at radius 3 is 2.64 bits per heavy atom. The zero-order valence-corrected chi connectivity index (χ0v) is 17.7. The van der Waals surface area contributed by atoms with Crippen molar-refractivity contribution in [1.82, 2.24) is 19.9 Å². The Morgan fingerprint density at radius 2 is 1.93 bits per heavy atom. The number of carbonyl (C=O) groups is 1. The number of thiazole rings is 1. The van der Waals surface area contributed by atoms with Crippen LogP contribution in [0.3, 0.4) is 0 Å². The summed E-state index contributed by atoms with van der Waals surface area (Å²) in [6, 6.07) is 2.03. The fourth-order valence-corrected chi connectivity index (χ4v) is 4.89. The van der Waals surface area contributed by atoms with Gasteiger partial charge >= 0.3 is 0 Å². The third-order valence-corrected chi connectivity index (χ3v) is 6.67. The van der Waals surface area contributed by atoms with Gasteiger partial charge in [-0.05, 0) is 18.8 Å². The lowest BCUT2D eigenvalue weighted by atomic mass is 9.98. The third kappa shape index (κ3) is 3.97. The molecule has 0 N–H and O–H groups in total. The van der Waals surface area contributed by atoms with Crippen LogP contribution >= 0.6 is 11.3 Å². The molecular weight excluding hydrogens is 372 g/mol. The molecule has 4 heterocycles. The van der Waals surface area contributed by atoms with Gasteiger partial charge in [-0.2, -0.15) is 0 Å². The predicted octanol–water partition coefficient (Wildman–Crippen LogP) is 2.72. The Kier molecular flexibility index (Phi) is 5.48. The molecule has 7 nitrogen and oxygen atoms in total. The molecular formula is C20H28N6OS. The number of amides is 1. The standard InChI is InChI=1S/C20H28N6OS/c1-14(2)16-12-28-20(23-16)15-5-4-6-25(10-15)17-9-18(22-13-21-17)26-8-7-24(3)19(27)11-26/h9,12-15H,4-8,10-11H2,1-3H3. The number of nitrogens with zero attached hydrogens (tertiary/aromatic N) is 6. The number of piperidine rings is 1. The van der Waals surface area contributed by atoms with E-state index in [0.717, 1.165) is 44.2 Å². The molecule has 150 valence electrons. The molecule has 0 aromatic carbocycles. The fourth-order valence-electron chi connectivity index (χ4n) is 3.78. The molecule has 8 heteroatoms. The van der Waals surface area contributed by atoms with Gasteiger partial charge < -0.3 is 14.7 Å². The van der Waals surface area contributed by atoms with Crippen LogP contribution in [0, 0.1) is 0 Å². The number of rotatable bonds is 4. The van der Waals surface area contributed by atoms with Crippen molar-refractivity contribution < 1.29 is 4.79 Å². The van der Waals surface area contributed by atoms with E-state index in [1.165, 1.54) is 17.1 Å². The second-order valence-corrected chi connectivity index (χ2v) is 8.91. The molecule has 0 aliphatic carbocycles. The molecule has 0 spiro atoms. The smallest absolute Gasteiger partial charge is 0.241 e. The molecule has 2 fully saturated rings. The maximum atomic E-state index is 12.0. The van der Waals surface area contributed by atoms with Gasteiger partial charge in [0.2, 0.25) is 5.91 Å². The molecule has 1 unspecified atom stereocenters. The van der Waals surface area contributed by atoms with Gasteiger partial charge in [-0.1, -0.05) is 13.8 Å². The molecule has 2 aromatic heterocycles. The maximum Gasteiger partial charge on any atom is 0.241 e. The molecule has 28 heavy (non-hydrogen) atoms. The van der Waals surface area contributed by atoms with Gasteiger partial charge in [0.15, 0.2) is 0 Å². The highest BCUT2D eigenvalue weighted by Crippen LogP contribution is 2.33. The summed E-state index contributed by atoms with van der Waals surface area (Å²) >= 11 is 1.79. The molecule has 0 saturated carbocycles. The average molecular weight is 401 g/mol. The summed E-state index contributed by atoms with van der Waals surface area (Å²) in [4.78, 5) is 32.0. The Bertz CT molecular complexity index is 838. The number of piperazine rings is 1. The van der Waals surface area contributed by atoms with Gasteiger partial charge in [-0.3, -0.25) is 4.79 Å². The van der Waals surface area contributed by atoms with Gasteiger partial charge in [0.1, 0.15) is 18.0 Å². The van der Waals surface area contributed by atoms with E-state index >= 15 is 0 Å². The predicted molar refractivity (Wildman–Crippen MR) is 112 cm³/mol. The average Bonchev–Trinajstić information content (AvgIpc) is 3.21. The van der Waals surface area contributed by atoms with Crippen molar-refractivity contribution in [2.24, 2.45) is 0 Å². The van der Waals surface area contributed by atoms with Crippen molar-refractivity contribution in [3.8, 4) is 0 Å². The fraction of sp³-hybridized carbons (Fsp3) is 0.600. The van der Waals surface area contributed by atoms with E-state index in [0.29, 0.717) is 18.4 Å². The first kappa shape index (κ1) is 19.1. The van der Waals surface area contributed by atoms with E-state index in [1.807, 2.05) is 18.0 Å². The van der Waals surface area contributed by atoms with Gasteiger partial charge in [0, 0.05) is 50.6 Å². The van der Waals surface area contributed by atoms with Crippen LogP contribution in [0.4, 0.5) is 11.6 Å². The van der Waals surface area contributed by atoms with E-state index < -0.39 is 0 Å². The van der Waals surface area contributed by atoms with E-state index in [1.54, 1.807) is 22.6 Å². The Morgan fingerprint density at radius 1 is 1.14 bits per heavy atom. The van der Waals surface area contributed by atoms with E-state index in [4.69, 9.17) is 4.98 Å². The SMILES string of the molecule is CC(C)c1csc(C2CCCN(c3cc(N4CCN(C)C(=O)C4)ncn3)C2)n1. The first-order valence-electron chi connectivity index (χ1n) is 10.0. The molecule has 1 amide bonds. The zero-order valence-electron chi connectivity index (χ0n) is 16.8. The first-order valence-corrected chi connectivity index (χ1v) is 10.9. The molecule has 0 bridgehead atoms. The normalized spacial score (nSPS) is 20.9. The van der Waals surface area contributed by atoms with E-state index in [9.17, 15) is 4.79 Å². The van der Waals surface area contributed by atoms with Crippen molar-refractivity contribution in [1.29, 1.82) is 0 Å². The first-order chi connectivity index (χ1) is 13.5. The number of hydrogen-bond donors (Lipinski definition) is 0. The van der Waals surface area contributed by atoms with Crippen molar-refractivity contribution >= 4 is 28.9 Å². The molecule has 2 aliphatic heterocycles. The van der Waals surface area contributed by atoms with Crippen LogP contribution in [0.5, 0.6) is 0 Å². The van der Waals surface area contributed by atoms with Crippen LogP contribution in [-0.4, -0.2) is 65.5 Å². The number of likely N-dealkylation sites (N-methyl/N-ethyl adjacent to an activating group) is 1. The van der Waals surface area contributed by atoms with Crippen molar-refractivity contribution in [2.75, 3.05) is 49.6 Å². The number of hydrogen-bond acceptors (Lipinski definition) is 7. The highest BCUT2D eigenvalue weighted by molar-refractivity contribution is 7.09. The molecule has 4 rings (SSSR count). The molecule has 1 atom stereocenters. The highest BCUT2D eigenvalue weighted by Gasteiger charge is 2.27. The maximum absolute atomic E-state index is 12.0. The zero-order chi connectivity index (χ0) is 19.7.